The van der Waals surface area contributed by atoms with Crippen molar-refractivity contribution in [1.82, 2.24) is 0 Å². The molecule has 0 aliphatic heterocycles. The van der Waals surface area contributed by atoms with Gasteiger partial charge in [-0.1, -0.05) is 29.8 Å². The second kappa shape index (κ2) is 8.56. The lowest BCUT2D eigenvalue weighted by atomic mass is 10.1. The Morgan fingerprint density at radius 3 is 2.27 bits per heavy atom. The van der Waals surface area contributed by atoms with Crippen molar-refractivity contribution in [2.24, 2.45) is 0 Å². The first kappa shape index (κ1) is 21.4. The Hall–Kier alpha value is -3.36. The van der Waals surface area contributed by atoms with Crippen LogP contribution in [-0.2, 0) is 10.0 Å². The van der Waals surface area contributed by atoms with Crippen LogP contribution in [0.15, 0.2) is 71.6 Å². The number of para-hydroxylation sites is 1. The van der Waals surface area contributed by atoms with E-state index in [1.165, 1.54) is 42.5 Å². The number of carboxylic acid groups (broad SMARTS) is 1. The molecular formula is C21H17ClN2O5S. The largest absolute Gasteiger partial charge is 0.478 e. The SMILES string of the molecule is Cc1ccccc1NC(=O)c1cc(S(=O)(=O)Nc2ccc(C(=O)O)cc2)ccc1Cl. The predicted molar refractivity (Wildman–Crippen MR) is 115 cm³/mol. The van der Waals surface area contributed by atoms with E-state index in [2.05, 4.69) is 10.0 Å². The highest BCUT2D eigenvalue weighted by Gasteiger charge is 2.19. The number of rotatable bonds is 6. The van der Waals surface area contributed by atoms with Crippen molar-refractivity contribution >= 4 is 44.9 Å². The standard InChI is InChI=1S/C21H17ClN2O5S/c1-13-4-2-3-5-19(13)23-20(25)17-12-16(10-11-18(17)22)30(28,29)24-15-8-6-14(7-9-15)21(26)27/h2-12,24H,1H3,(H,23,25)(H,26,27). The van der Waals surface area contributed by atoms with Crippen LogP contribution in [0.2, 0.25) is 5.02 Å². The molecule has 0 heterocycles. The summed E-state index contributed by atoms with van der Waals surface area (Å²) in [7, 11) is -4.04. The minimum atomic E-state index is -4.04. The number of carboxylic acids is 1. The van der Waals surface area contributed by atoms with E-state index in [4.69, 9.17) is 16.7 Å². The second-order valence-corrected chi connectivity index (χ2v) is 8.49. The zero-order chi connectivity index (χ0) is 21.9. The van der Waals surface area contributed by atoms with Crippen LogP contribution in [0, 0.1) is 6.92 Å². The zero-order valence-electron chi connectivity index (χ0n) is 15.7. The number of carbonyl (C=O) groups is 2. The molecule has 0 radical (unpaired) electrons. The molecule has 0 aliphatic rings. The van der Waals surface area contributed by atoms with E-state index < -0.39 is 21.9 Å². The third-order valence-corrected chi connectivity index (χ3v) is 5.98. The highest BCUT2D eigenvalue weighted by atomic mass is 35.5. The molecule has 0 fully saturated rings. The number of aromatic carboxylic acids is 1. The molecule has 154 valence electrons. The van der Waals surface area contributed by atoms with Gasteiger partial charge in [-0.15, -0.1) is 0 Å². The molecule has 3 rings (SSSR count). The Bertz CT molecular complexity index is 1220. The summed E-state index contributed by atoms with van der Waals surface area (Å²) in [5.74, 6) is -1.66. The maximum absolute atomic E-state index is 12.7. The number of benzene rings is 3. The summed E-state index contributed by atoms with van der Waals surface area (Å²) in [6.07, 6.45) is 0. The molecule has 0 saturated carbocycles. The monoisotopic (exact) mass is 444 g/mol. The quantitative estimate of drug-likeness (QED) is 0.521. The Morgan fingerprint density at radius 2 is 1.63 bits per heavy atom. The minimum Gasteiger partial charge on any atom is -0.478 e. The summed E-state index contributed by atoms with van der Waals surface area (Å²) in [6, 6.07) is 16.2. The van der Waals surface area contributed by atoms with Crippen LogP contribution in [0.4, 0.5) is 11.4 Å². The lowest BCUT2D eigenvalue weighted by Gasteiger charge is -2.12. The molecule has 3 aromatic carbocycles. The fourth-order valence-electron chi connectivity index (χ4n) is 2.64. The van der Waals surface area contributed by atoms with Crippen molar-refractivity contribution in [2.75, 3.05) is 10.0 Å². The van der Waals surface area contributed by atoms with E-state index in [9.17, 15) is 18.0 Å². The molecule has 0 saturated heterocycles. The van der Waals surface area contributed by atoms with Crippen LogP contribution >= 0.6 is 11.6 Å². The van der Waals surface area contributed by atoms with Gasteiger partial charge in [-0.25, -0.2) is 13.2 Å². The van der Waals surface area contributed by atoms with Gasteiger partial charge in [-0.05, 0) is 61.0 Å². The highest BCUT2D eigenvalue weighted by molar-refractivity contribution is 7.92. The van der Waals surface area contributed by atoms with Crippen LogP contribution in [0.25, 0.3) is 0 Å². The van der Waals surface area contributed by atoms with E-state index in [1.807, 2.05) is 19.1 Å². The Morgan fingerprint density at radius 1 is 0.967 bits per heavy atom. The molecule has 30 heavy (non-hydrogen) atoms. The van der Waals surface area contributed by atoms with E-state index >= 15 is 0 Å². The minimum absolute atomic E-state index is 0.00372. The van der Waals surface area contributed by atoms with Crippen LogP contribution in [0.3, 0.4) is 0 Å². The van der Waals surface area contributed by atoms with Crippen molar-refractivity contribution < 1.29 is 23.1 Å². The summed E-state index contributed by atoms with van der Waals surface area (Å²) in [5, 5.41) is 11.7. The molecule has 0 aliphatic carbocycles. The smallest absolute Gasteiger partial charge is 0.335 e. The summed E-state index contributed by atoms with van der Waals surface area (Å²) in [5.41, 5.74) is 1.64. The molecule has 7 nitrogen and oxygen atoms in total. The van der Waals surface area contributed by atoms with Crippen LogP contribution < -0.4 is 10.0 Å². The topological polar surface area (TPSA) is 113 Å². The molecule has 0 spiro atoms. The molecule has 3 aromatic rings. The molecule has 3 N–H and O–H groups in total. The fraction of sp³-hybridized carbons (Fsp3) is 0.0476. The number of sulfonamides is 1. The second-order valence-electron chi connectivity index (χ2n) is 6.40. The lowest BCUT2D eigenvalue weighted by molar-refractivity contribution is 0.0696. The van der Waals surface area contributed by atoms with E-state index in [1.54, 1.807) is 12.1 Å². The Labute approximate surface area is 178 Å². The zero-order valence-corrected chi connectivity index (χ0v) is 17.3. The molecule has 1 amide bonds. The van der Waals surface area contributed by atoms with E-state index in [0.29, 0.717) is 5.69 Å². The highest BCUT2D eigenvalue weighted by Crippen LogP contribution is 2.24. The molecule has 0 atom stereocenters. The van der Waals surface area contributed by atoms with Gasteiger partial charge >= 0.3 is 5.97 Å². The summed E-state index contributed by atoms with van der Waals surface area (Å²) < 4.78 is 27.8. The first-order valence-electron chi connectivity index (χ1n) is 8.70. The number of hydrogen-bond donors (Lipinski definition) is 3. The van der Waals surface area contributed by atoms with Gasteiger partial charge in [0.1, 0.15) is 0 Å². The summed E-state index contributed by atoms with van der Waals surface area (Å²) in [4.78, 5) is 23.4. The molecule has 0 unspecified atom stereocenters. The van der Waals surface area contributed by atoms with Crippen molar-refractivity contribution in [3.05, 3.63) is 88.4 Å². The summed E-state index contributed by atoms with van der Waals surface area (Å²) in [6.45, 7) is 1.83. The van der Waals surface area contributed by atoms with Gasteiger partial charge in [-0.2, -0.15) is 0 Å². The number of anilines is 2. The number of aryl methyl sites for hydroxylation is 1. The number of halogens is 1. The number of hydrogen-bond acceptors (Lipinski definition) is 4. The van der Waals surface area contributed by atoms with Crippen molar-refractivity contribution in [3.8, 4) is 0 Å². The van der Waals surface area contributed by atoms with Gasteiger partial charge in [-0.3, -0.25) is 9.52 Å². The van der Waals surface area contributed by atoms with Gasteiger partial charge in [0.05, 0.1) is 21.0 Å². The number of nitrogens with one attached hydrogen (secondary N) is 2. The van der Waals surface area contributed by atoms with Gasteiger partial charge in [0.15, 0.2) is 0 Å². The average molecular weight is 445 g/mol. The maximum Gasteiger partial charge on any atom is 0.335 e. The first-order valence-corrected chi connectivity index (χ1v) is 10.6. The number of carbonyl (C=O) groups excluding carboxylic acids is 1. The third kappa shape index (κ3) is 4.79. The molecule has 0 bridgehead atoms. The van der Waals surface area contributed by atoms with Crippen LogP contribution in [-0.4, -0.2) is 25.4 Å². The lowest BCUT2D eigenvalue weighted by Crippen LogP contribution is -2.17. The average Bonchev–Trinajstić information content (AvgIpc) is 2.70. The molecule has 9 heteroatoms. The van der Waals surface area contributed by atoms with Crippen molar-refractivity contribution in [3.63, 3.8) is 0 Å². The molecule has 0 aromatic heterocycles. The normalized spacial score (nSPS) is 11.0. The van der Waals surface area contributed by atoms with Gasteiger partial charge in [0, 0.05) is 11.4 Å². The first-order chi connectivity index (χ1) is 14.2. The van der Waals surface area contributed by atoms with E-state index in [-0.39, 0.29) is 26.7 Å². The fourth-order valence-corrected chi connectivity index (χ4v) is 3.93. The Kier molecular flexibility index (Phi) is 6.09. The van der Waals surface area contributed by atoms with Crippen LogP contribution in [0.5, 0.6) is 0 Å². The third-order valence-electron chi connectivity index (χ3n) is 4.27. The van der Waals surface area contributed by atoms with Crippen molar-refractivity contribution in [2.45, 2.75) is 11.8 Å². The van der Waals surface area contributed by atoms with Crippen LogP contribution in [0.1, 0.15) is 26.3 Å². The molecular weight excluding hydrogens is 428 g/mol. The van der Waals surface area contributed by atoms with Gasteiger partial charge < -0.3 is 10.4 Å². The Balaban J connectivity index is 1.86. The summed E-state index contributed by atoms with van der Waals surface area (Å²) >= 11 is 6.12. The van der Waals surface area contributed by atoms with E-state index in [0.717, 1.165) is 5.56 Å². The van der Waals surface area contributed by atoms with Gasteiger partial charge in [0.2, 0.25) is 0 Å². The maximum atomic E-state index is 12.7. The van der Waals surface area contributed by atoms with Gasteiger partial charge in [0.25, 0.3) is 15.9 Å². The predicted octanol–water partition coefficient (Wildman–Crippen LogP) is 4.40. The van der Waals surface area contributed by atoms with Crippen molar-refractivity contribution in [1.29, 1.82) is 0 Å². The number of amides is 1.